The lowest BCUT2D eigenvalue weighted by Crippen LogP contribution is -2.20. The number of carbonyl (C=O) groups is 1. The van der Waals surface area contributed by atoms with Crippen LogP contribution in [0.2, 0.25) is 0 Å². The quantitative estimate of drug-likeness (QED) is 0.344. The van der Waals surface area contributed by atoms with Crippen LogP contribution in [0, 0.1) is 14.9 Å². The molecule has 0 heterocycles. The molecule has 28 heavy (non-hydrogen) atoms. The SMILES string of the molecule is COc1ccc(/C(C#N)=C/c2cc(I)c(OCC(N)=O)c(OC)c2)cc1OC. The first kappa shape index (κ1) is 21.4. The molecule has 7 nitrogen and oxygen atoms in total. The summed E-state index contributed by atoms with van der Waals surface area (Å²) < 4.78 is 22.0. The third-order valence-electron chi connectivity index (χ3n) is 3.74. The van der Waals surface area contributed by atoms with Crippen LogP contribution in [0.4, 0.5) is 0 Å². The fourth-order valence-electron chi connectivity index (χ4n) is 2.46. The Hall–Kier alpha value is -2.93. The Bertz CT molecular complexity index is 950. The highest BCUT2D eigenvalue weighted by molar-refractivity contribution is 14.1. The smallest absolute Gasteiger partial charge is 0.255 e. The van der Waals surface area contributed by atoms with Crippen molar-refractivity contribution < 1.29 is 23.7 Å². The molecule has 0 aliphatic rings. The molecule has 1 amide bonds. The summed E-state index contributed by atoms with van der Waals surface area (Å²) in [6.45, 7) is -0.253. The third-order valence-corrected chi connectivity index (χ3v) is 4.54. The number of carbonyl (C=O) groups excluding carboxylic acids is 1. The molecule has 0 atom stereocenters. The molecule has 2 rings (SSSR count). The van der Waals surface area contributed by atoms with E-state index in [1.165, 1.54) is 14.2 Å². The van der Waals surface area contributed by atoms with Gasteiger partial charge in [0.15, 0.2) is 29.6 Å². The van der Waals surface area contributed by atoms with E-state index in [-0.39, 0.29) is 6.61 Å². The largest absolute Gasteiger partial charge is 0.493 e. The van der Waals surface area contributed by atoms with Gasteiger partial charge in [-0.15, -0.1) is 0 Å². The standard InChI is InChI=1S/C20H19IN2O5/c1-25-16-5-4-13(9-17(16)26-2)14(10-22)6-12-7-15(21)20(18(8-12)27-3)28-11-19(23)24/h4-9H,11H2,1-3H3,(H2,23,24)/b14-6+. The maximum Gasteiger partial charge on any atom is 0.255 e. The van der Waals surface area contributed by atoms with E-state index in [2.05, 4.69) is 28.7 Å². The van der Waals surface area contributed by atoms with Gasteiger partial charge in [-0.2, -0.15) is 5.26 Å². The number of hydrogen-bond donors (Lipinski definition) is 1. The summed E-state index contributed by atoms with van der Waals surface area (Å²) in [5.74, 6) is 1.38. The van der Waals surface area contributed by atoms with Crippen LogP contribution in [-0.4, -0.2) is 33.8 Å². The van der Waals surface area contributed by atoms with Gasteiger partial charge in [-0.25, -0.2) is 0 Å². The fraction of sp³-hybridized carbons (Fsp3) is 0.200. The number of halogens is 1. The maximum absolute atomic E-state index is 11.0. The van der Waals surface area contributed by atoms with Crippen molar-refractivity contribution >= 4 is 40.1 Å². The molecule has 0 bridgehead atoms. The minimum Gasteiger partial charge on any atom is -0.493 e. The van der Waals surface area contributed by atoms with Gasteiger partial charge in [0.1, 0.15) is 0 Å². The molecular formula is C20H19IN2O5. The Balaban J connectivity index is 2.46. The van der Waals surface area contributed by atoms with E-state index in [0.717, 1.165) is 5.56 Å². The third kappa shape index (κ3) is 5.07. The molecule has 0 spiro atoms. The Morgan fingerprint density at radius 3 is 2.36 bits per heavy atom. The van der Waals surface area contributed by atoms with Crippen LogP contribution < -0.4 is 24.7 Å². The summed E-state index contributed by atoms with van der Waals surface area (Å²) in [6, 6.07) is 11.0. The van der Waals surface area contributed by atoms with Gasteiger partial charge in [0.25, 0.3) is 5.91 Å². The fourth-order valence-corrected chi connectivity index (χ4v) is 3.24. The highest BCUT2D eigenvalue weighted by atomic mass is 127. The highest BCUT2D eigenvalue weighted by Gasteiger charge is 2.13. The monoisotopic (exact) mass is 494 g/mol. The van der Waals surface area contributed by atoms with Crippen molar-refractivity contribution in [3.05, 3.63) is 45.0 Å². The molecule has 0 aliphatic heterocycles. The molecule has 146 valence electrons. The number of rotatable bonds is 8. The average molecular weight is 494 g/mol. The van der Waals surface area contributed by atoms with Crippen LogP contribution in [0.15, 0.2) is 30.3 Å². The van der Waals surface area contributed by atoms with E-state index < -0.39 is 5.91 Å². The predicted octanol–water partition coefficient (Wildman–Crippen LogP) is 3.25. The minimum atomic E-state index is -0.581. The summed E-state index contributed by atoms with van der Waals surface area (Å²) in [4.78, 5) is 11.0. The molecule has 0 saturated heterocycles. The zero-order valence-corrected chi connectivity index (χ0v) is 17.8. The summed E-state index contributed by atoms with van der Waals surface area (Å²) in [7, 11) is 4.58. The van der Waals surface area contributed by atoms with Crippen LogP contribution in [-0.2, 0) is 4.79 Å². The van der Waals surface area contributed by atoms with Gasteiger partial charge in [-0.1, -0.05) is 0 Å². The highest BCUT2D eigenvalue weighted by Crippen LogP contribution is 2.36. The Labute approximate surface area is 176 Å². The minimum absolute atomic E-state index is 0.253. The van der Waals surface area contributed by atoms with Gasteiger partial charge in [0, 0.05) is 0 Å². The van der Waals surface area contributed by atoms with Gasteiger partial charge < -0.3 is 24.7 Å². The van der Waals surface area contributed by atoms with E-state index in [9.17, 15) is 10.1 Å². The topological polar surface area (TPSA) is 104 Å². The van der Waals surface area contributed by atoms with Gasteiger partial charge in [-0.3, -0.25) is 4.79 Å². The van der Waals surface area contributed by atoms with Crippen molar-refractivity contribution in [2.75, 3.05) is 27.9 Å². The molecule has 0 aromatic heterocycles. The Morgan fingerprint density at radius 1 is 1.11 bits per heavy atom. The lowest BCUT2D eigenvalue weighted by Gasteiger charge is -2.13. The Morgan fingerprint density at radius 2 is 1.79 bits per heavy atom. The van der Waals surface area contributed by atoms with Crippen LogP contribution in [0.25, 0.3) is 11.6 Å². The summed E-state index contributed by atoms with van der Waals surface area (Å²) in [5.41, 5.74) is 6.99. The number of benzene rings is 2. The number of primary amides is 1. The van der Waals surface area contributed by atoms with Crippen molar-refractivity contribution in [3.63, 3.8) is 0 Å². The van der Waals surface area contributed by atoms with Crippen LogP contribution in [0.5, 0.6) is 23.0 Å². The second-order valence-electron chi connectivity index (χ2n) is 5.53. The lowest BCUT2D eigenvalue weighted by atomic mass is 10.0. The molecule has 0 radical (unpaired) electrons. The number of hydrogen-bond acceptors (Lipinski definition) is 6. The number of nitrogens with two attached hydrogens (primary N) is 1. The second-order valence-corrected chi connectivity index (χ2v) is 6.69. The molecule has 8 heteroatoms. The van der Waals surface area contributed by atoms with Crippen molar-refractivity contribution in [2.24, 2.45) is 5.73 Å². The zero-order chi connectivity index (χ0) is 20.7. The normalized spacial score (nSPS) is 10.8. The van der Waals surface area contributed by atoms with Crippen LogP contribution in [0.1, 0.15) is 11.1 Å². The first-order chi connectivity index (χ1) is 13.4. The van der Waals surface area contributed by atoms with E-state index in [4.69, 9.17) is 24.7 Å². The second kappa shape index (κ2) is 9.85. The number of nitrogens with zero attached hydrogens (tertiary/aromatic N) is 1. The number of allylic oxidation sites excluding steroid dienone is 1. The van der Waals surface area contributed by atoms with E-state index in [0.29, 0.717) is 37.7 Å². The number of ether oxygens (including phenoxy) is 4. The summed E-state index contributed by atoms with van der Waals surface area (Å²) in [6.07, 6.45) is 1.73. The van der Waals surface area contributed by atoms with Gasteiger partial charge in [-0.05, 0) is 70.1 Å². The van der Waals surface area contributed by atoms with Crippen LogP contribution in [0.3, 0.4) is 0 Å². The molecule has 0 aliphatic carbocycles. The zero-order valence-electron chi connectivity index (χ0n) is 15.6. The van der Waals surface area contributed by atoms with Gasteiger partial charge in [0.2, 0.25) is 0 Å². The first-order valence-electron chi connectivity index (χ1n) is 8.06. The molecular weight excluding hydrogens is 475 g/mol. The van der Waals surface area contributed by atoms with Crippen molar-refractivity contribution in [3.8, 4) is 29.1 Å². The number of methoxy groups -OCH3 is 3. The molecule has 2 aromatic carbocycles. The molecule has 0 unspecified atom stereocenters. The molecule has 2 N–H and O–H groups in total. The van der Waals surface area contributed by atoms with E-state index in [1.54, 1.807) is 37.5 Å². The molecule has 2 aromatic rings. The predicted molar refractivity (Wildman–Crippen MR) is 113 cm³/mol. The maximum atomic E-state index is 11.0. The van der Waals surface area contributed by atoms with Crippen molar-refractivity contribution in [1.29, 1.82) is 5.26 Å². The van der Waals surface area contributed by atoms with Gasteiger partial charge >= 0.3 is 0 Å². The number of amides is 1. The summed E-state index contributed by atoms with van der Waals surface area (Å²) in [5, 5.41) is 9.63. The van der Waals surface area contributed by atoms with Gasteiger partial charge in [0.05, 0.1) is 36.5 Å². The lowest BCUT2D eigenvalue weighted by molar-refractivity contribution is -0.119. The average Bonchev–Trinajstić information content (AvgIpc) is 2.69. The summed E-state index contributed by atoms with van der Waals surface area (Å²) >= 11 is 2.07. The number of nitriles is 1. The van der Waals surface area contributed by atoms with E-state index >= 15 is 0 Å². The van der Waals surface area contributed by atoms with Crippen LogP contribution >= 0.6 is 22.6 Å². The van der Waals surface area contributed by atoms with Crippen molar-refractivity contribution in [2.45, 2.75) is 0 Å². The first-order valence-corrected chi connectivity index (χ1v) is 9.14. The molecule has 0 fully saturated rings. The molecule has 0 saturated carbocycles. The van der Waals surface area contributed by atoms with E-state index in [1.807, 2.05) is 6.07 Å². The Kier molecular flexibility index (Phi) is 7.52. The van der Waals surface area contributed by atoms with Crippen molar-refractivity contribution in [1.82, 2.24) is 0 Å².